The topological polar surface area (TPSA) is 0 Å². The predicted octanol–water partition coefficient (Wildman–Crippen LogP) is 3.44. The lowest BCUT2D eigenvalue weighted by molar-refractivity contribution is 0.628. The van der Waals surface area contributed by atoms with E-state index in [4.69, 9.17) is 11.6 Å². The fraction of sp³-hybridized carbons (Fsp3) is 0.222. The van der Waals surface area contributed by atoms with Crippen molar-refractivity contribution in [3.63, 3.8) is 0 Å². The fourth-order valence-corrected chi connectivity index (χ4v) is 1.06. The van der Waals surface area contributed by atoms with Gasteiger partial charge in [-0.1, -0.05) is 24.6 Å². The van der Waals surface area contributed by atoms with Gasteiger partial charge in [0.25, 0.3) is 0 Å². The van der Waals surface area contributed by atoms with Gasteiger partial charge in [-0.3, -0.25) is 0 Å². The summed E-state index contributed by atoms with van der Waals surface area (Å²) in [4.78, 5) is 0. The van der Waals surface area contributed by atoms with Crippen LogP contribution >= 0.6 is 11.6 Å². The van der Waals surface area contributed by atoms with Crippen LogP contribution in [0.3, 0.4) is 0 Å². The van der Waals surface area contributed by atoms with Gasteiger partial charge in [-0.2, -0.15) is 0 Å². The second-order valence-electron chi connectivity index (χ2n) is 2.29. The second-order valence-corrected chi connectivity index (χ2v) is 2.69. The molecule has 1 aromatic rings. The SMILES string of the molecule is CC[CH]c1ccc(F)c(Cl)c1. The van der Waals surface area contributed by atoms with E-state index < -0.39 is 0 Å². The lowest BCUT2D eigenvalue weighted by atomic mass is 10.1. The van der Waals surface area contributed by atoms with Crippen molar-refractivity contribution in [2.24, 2.45) is 0 Å². The molecule has 0 fully saturated rings. The van der Waals surface area contributed by atoms with Crippen molar-refractivity contribution in [1.82, 2.24) is 0 Å². The van der Waals surface area contributed by atoms with Crippen molar-refractivity contribution in [3.05, 3.63) is 41.0 Å². The summed E-state index contributed by atoms with van der Waals surface area (Å²) in [5.41, 5.74) is 0.971. The summed E-state index contributed by atoms with van der Waals surface area (Å²) in [5, 5.41) is 0.187. The van der Waals surface area contributed by atoms with E-state index in [1.807, 2.05) is 13.3 Å². The standard InChI is InChI=1S/C9H9ClF/c1-2-3-7-4-5-9(11)8(10)6-7/h3-6H,2H2,1H3. The predicted molar refractivity (Wildman–Crippen MR) is 45.1 cm³/mol. The van der Waals surface area contributed by atoms with Gasteiger partial charge in [0.2, 0.25) is 0 Å². The normalized spacial score (nSPS) is 10.1. The Morgan fingerprint density at radius 1 is 1.55 bits per heavy atom. The van der Waals surface area contributed by atoms with E-state index in [0.717, 1.165) is 12.0 Å². The number of halogens is 2. The molecule has 0 saturated heterocycles. The van der Waals surface area contributed by atoms with Gasteiger partial charge in [0.15, 0.2) is 0 Å². The van der Waals surface area contributed by atoms with Crippen molar-refractivity contribution < 1.29 is 4.39 Å². The van der Waals surface area contributed by atoms with E-state index in [1.165, 1.54) is 6.07 Å². The average molecular weight is 172 g/mol. The quantitative estimate of drug-likeness (QED) is 0.640. The number of hydrogen-bond donors (Lipinski definition) is 0. The van der Waals surface area contributed by atoms with Gasteiger partial charge in [0, 0.05) is 0 Å². The molecular weight excluding hydrogens is 163 g/mol. The van der Waals surface area contributed by atoms with Crippen molar-refractivity contribution in [3.8, 4) is 0 Å². The molecule has 0 amide bonds. The number of rotatable bonds is 2. The molecule has 0 atom stereocenters. The molecule has 2 heteroatoms. The molecule has 0 aliphatic heterocycles. The third-order valence-electron chi connectivity index (χ3n) is 1.38. The molecule has 1 aromatic carbocycles. The maximum atomic E-state index is 12.6. The number of hydrogen-bond acceptors (Lipinski definition) is 0. The van der Waals surface area contributed by atoms with Crippen molar-refractivity contribution in [1.29, 1.82) is 0 Å². The molecule has 0 heterocycles. The van der Waals surface area contributed by atoms with Gasteiger partial charge >= 0.3 is 0 Å². The first-order valence-electron chi connectivity index (χ1n) is 3.52. The molecule has 1 rings (SSSR count). The Hall–Kier alpha value is -0.560. The van der Waals surface area contributed by atoms with Crippen LogP contribution in [0.4, 0.5) is 4.39 Å². The minimum absolute atomic E-state index is 0.187. The molecule has 0 N–H and O–H groups in total. The summed E-state index contributed by atoms with van der Waals surface area (Å²) in [5.74, 6) is -0.361. The highest BCUT2D eigenvalue weighted by Crippen LogP contribution is 2.17. The molecule has 0 nitrogen and oxygen atoms in total. The van der Waals surface area contributed by atoms with E-state index in [0.29, 0.717) is 0 Å². The van der Waals surface area contributed by atoms with E-state index in [1.54, 1.807) is 12.1 Å². The third kappa shape index (κ3) is 2.19. The van der Waals surface area contributed by atoms with Gasteiger partial charge in [0.05, 0.1) is 5.02 Å². The highest BCUT2D eigenvalue weighted by atomic mass is 35.5. The molecule has 0 aliphatic carbocycles. The van der Waals surface area contributed by atoms with Crippen LogP contribution in [-0.2, 0) is 0 Å². The molecule has 0 bridgehead atoms. The van der Waals surface area contributed by atoms with Crippen LogP contribution in [0.1, 0.15) is 18.9 Å². The molecule has 1 radical (unpaired) electrons. The van der Waals surface area contributed by atoms with Crippen LogP contribution in [0.5, 0.6) is 0 Å². The molecule has 0 aromatic heterocycles. The largest absolute Gasteiger partial charge is 0.205 e. The summed E-state index contributed by atoms with van der Waals surface area (Å²) < 4.78 is 12.6. The Kier molecular flexibility index (Phi) is 2.89. The number of benzene rings is 1. The lowest BCUT2D eigenvalue weighted by Crippen LogP contribution is -1.82. The zero-order valence-corrected chi connectivity index (χ0v) is 7.03. The smallest absolute Gasteiger partial charge is 0.141 e. The summed E-state index contributed by atoms with van der Waals surface area (Å²) >= 11 is 5.55. The Morgan fingerprint density at radius 2 is 2.27 bits per heavy atom. The van der Waals surface area contributed by atoms with Crippen LogP contribution in [-0.4, -0.2) is 0 Å². The van der Waals surface area contributed by atoms with E-state index >= 15 is 0 Å². The monoisotopic (exact) mass is 171 g/mol. The Labute approximate surface area is 71.0 Å². The van der Waals surface area contributed by atoms with Gasteiger partial charge < -0.3 is 0 Å². The fourth-order valence-electron chi connectivity index (χ4n) is 0.875. The summed E-state index contributed by atoms with van der Waals surface area (Å²) in [7, 11) is 0. The van der Waals surface area contributed by atoms with Crippen molar-refractivity contribution in [2.45, 2.75) is 13.3 Å². The Morgan fingerprint density at radius 3 is 2.82 bits per heavy atom. The van der Waals surface area contributed by atoms with Crippen LogP contribution in [0.25, 0.3) is 0 Å². The minimum Gasteiger partial charge on any atom is -0.205 e. The van der Waals surface area contributed by atoms with Crippen LogP contribution < -0.4 is 0 Å². The van der Waals surface area contributed by atoms with Gasteiger partial charge in [-0.15, -0.1) is 0 Å². The summed E-state index contributed by atoms with van der Waals surface area (Å²) in [6.45, 7) is 2.03. The molecule has 0 spiro atoms. The molecular formula is C9H9ClF. The zero-order chi connectivity index (χ0) is 8.27. The Balaban J connectivity index is 2.86. The van der Waals surface area contributed by atoms with Gasteiger partial charge in [-0.25, -0.2) is 4.39 Å². The molecule has 0 aliphatic rings. The minimum atomic E-state index is -0.361. The third-order valence-corrected chi connectivity index (χ3v) is 1.67. The van der Waals surface area contributed by atoms with Gasteiger partial charge in [-0.05, 0) is 30.5 Å². The van der Waals surface area contributed by atoms with E-state index in [9.17, 15) is 4.39 Å². The van der Waals surface area contributed by atoms with Crippen molar-refractivity contribution >= 4 is 11.6 Å². The zero-order valence-electron chi connectivity index (χ0n) is 6.27. The molecule has 0 saturated carbocycles. The van der Waals surface area contributed by atoms with Crippen LogP contribution in [0.15, 0.2) is 18.2 Å². The first-order chi connectivity index (χ1) is 5.24. The maximum Gasteiger partial charge on any atom is 0.141 e. The van der Waals surface area contributed by atoms with E-state index in [-0.39, 0.29) is 10.8 Å². The first kappa shape index (κ1) is 8.54. The van der Waals surface area contributed by atoms with E-state index in [2.05, 4.69) is 0 Å². The first-order valence-corrected chi connectivity index (χ1v) is 3.90. The molecule has 11 heavy (non-hydrogen) atoms. The lowest BCUT2D eigenvalue weighted by Gasteiger charge is -1.98. The maximum absolute atomic E-state index is 12.6. The summed E-state index contributed by atoms with van der Waals surface area (Å²) in [6.07, 6.45) is 2.92. The second kappa shape index (κ2) is 3.72. The van der Waals surface area contributed by atoms with Crippen molar-refractivity contribution in [2.75, 3.05) is 0 Å². The average Bonchev–Trinajstić information content (AvgIpc) is 1.98. The highest BCUT2D eigenvalue weighted by molar-refractivity contribution is 6.30. The highest BCUT2D eigenvalue weighted by Gasteiger charge is 1.99. The van der Waals surface area contributed by atoms with Gasteiger partial charge in [0.1, 0.15) is 5.82 Å². The Bertz CT molecular complexity index is 245. The van der Waals surface area contributed by atoms with Crippen LogP contribution in [0.2, 0.25) is 5.02 Å². The van der Waals surface area contributed by atoms with Crippen LogP contribution in [0, 0.1) is 12.2 Å². The molecule has 59 valence electrons. The molecule has 0 unspecified atom stereocenters. The summed E-state index contributed by atoms with van der Waals surface area (Å²) in [6, 6.07) is 4.72.